The summed E-state index contributed by atoms with van der Waals surface area (Å²) < 4.78 is 6.00. The second-order valence-corrected chi connectivity index (χ2v) is 9.58. The Hall–Kier alpha value is -1.00. The van der Waals surface area contributed by atoms with Crippen LogP contribution in [0.2, 0.25) is 0 Å². The van der Waals surface area contributed by atoms with Gasteiger partial charge in [-0.25, -0.2) is 0 Å². The van der Waals surface area contributed by atoms with Crippen molar-refractivity contribution in [1.29, 1.82) is 0 Å². The summed E-state index contributed by atoms with van der Waals surface area (Å²) in [4.78, 5) is 25.8. The molecule has 4 aliphatic carbocycles. The van der Waals surface area contributed by atoms with Crippen molar-refractivity contribution in [3.63, 3.8) is 0 Å². The molecule has 4 unspecified atom stereocenters. The first kappa shape index (κ1) is 15.3. The molecule has 1 aliphatic heterocycles. The van der Waals surface area contributed by atoms with Gasteiger partial charge in [0, 0.05) is 16.7 Å². The smallest absolute Gasteiger partial charge is 0.190 e. The first-order valence-electron chi connectivity index (χ1n) is 9.24. The van der Waals surface area contributed by atoms with Crippen LogP contribution in [0.3, 0.4) is 0 Å². The summed E-state index contributed by atoms with van der Waals surface area (Å²) >= 11 is 0. The molecule has 4 saturated carbocycles. The van der Waals surface area contributed by atoms with E-state index in [2.05, 4.69) is 27.4 Å². The summed E-state index contributed by atoms with van der Waals surface area (Å²) in [5, 5.41) is 11.1. The number of epoxide rings is 1. The lowest BCUT2D eigenvalue weighted by Gasteiger charge is -2.46. The van der Waals surface area contributed by atoms with Crippen molar-refractivity contribution in [1.82, 2.24) is 0 Å². The molecule has 5 fully saturated rings. The molecule has 0 aromatic heterocycles. The average molecular weight is 330 g/mol. The van der Waals surface area contributed by atoms with E-state index in [0.29, 0.717) is 11.5 Å². The van der Waals surface area contributed by atoms with Gasteiger partial charge in [-0.15, -0.1) is 0 Å². The number of Topliss-reactive ketones (excluding diaryl/α,β-unsaturated/α-hetero) is 2. The third-order valence-electron chi connectivity index (χ3n) is 9.23. The minimum Gasteiger partial charge on any atom is -0.385 e. The van der Waals surface area contributed by atoms with E-state index >= 15 is 0 Å². The molecule has 4 nitrogen and oxygen atoms in total. The first-order valence-corrected chi connectivity index (χ1v) is 9.24. The zero-order valence-electron chi connectivity index (χ0n) is 14.9. The molecule has 4 heteroatoms. The predicted octanol–water partition coefficient (Wildman–Crippen LogP) is 2.29. The van der Waals surface area contributed by atoms with Crippen LogP contribution in [0, 0.1) is 34.0 Å². The van der Waals surface area contributed by atoms with Crippen LogP contribution in [0.4, 0.5) is 0 Å². The van der Waals surface area contributed by atoms with Crippen LogP contribution in [0.1, 0.15) is 47.0 Å². The van der Waals surface area contributed by atoms with E-state index in [0.717, 1.165) is 19.3 Å². The van der Waals surface area contributed by atoms with Crippen LogP contribution >= 0.6 is 0 Å². The fourth-order valence-electron chi connectivity index (χ4n) is 8.10. The van der Waals surface area contributed by atoms with Crippen molar-refractivity contribution in [2.24, 2.45) is 34.0 Å². The van der Waals surface area contributed by atoms with Crippen molar-refractivity contribution < 1.29 is 19.4 Å². The molecular formula is C20H26O4. The summed E-state index contributed by atoms with van der Waals surface area (Å²) in [6.07, 6.45) is 1.17. The Labute approximate surface area is 142 Å². The number of rotatable bonds is 1. The number of carbonyl (C=O) groups excluding carboxylic acids is 2. The molecule has 0 aromatic carbocycles. The Morgan fingerprint density at radius 1 is 1.29 bits per heavy atom. The number of hydrogen-bond donors (Lipinski definition) is 1. The maximum absolute atomic E-state index is 13.3. The second-order valence-electron chi connectivity index (χ2n) is 9.58. The van der Waals surface area contributed by atoms with E-state index in [1.165, 1.54) is 0 Å². The van der Waals surface area contributed by atoms with Gasteiger partial charge in [-0.2, -0.15) is 0 Å². The van der Waals surface area contributed by atoms with Gasteiger partial charge in [-0.1, -0.05) is 34.3 Å². The van der Waals surface area contributed by atoms with Gasteiger partial charge in [0.05, 0.1) is 0 Å². The molecule has 24 heavy (non-hydrogen) atoms. The molecular weight excluding hydrogens is 304 g/mol. The average Bonchev–Trinajstić information content (AvgIpc) is 3.05. The van der Waals surface area contributed by atoms with Crippen molar-refractivity contribution in [2.45, 2.75) is 64.8 Å². The third kappa shape index (κ3) is 1.04. The van der Waals surface area contributed by atoms with Gasteiger partial charge in [0.15, 0.2) is 17.7 Å². The molecule has 2 spiro atoms. The monoisotopic (exact) mass is 330 g/mol. The Balaban J connectivity index is 1.76. The zero-order chi connectivity index (χ0) is 17.4. The van der Waals surface area contributed by atoms with Gasteiger partial charge in [0.1, 0.15) is 11.7 Å². The van der Waals surface area contributed by atoms with E-state index in [9.17, 15) is 14.7 Å². The van der Waals surface area contributed by atoms with Crippen LogP contribution in [-0.4, -0.2) is 34.5 Å². The second kappa shape index (κ2) is 3.73. The van der Waals surface area contributed by atoms with E-state index in [-0.39, 0.29) is 28.8 Å². The number of aliphatic hydroxyl groups is 1. The van der Waals surface area contributed by atoms with E-state index < -0.39 is 28.6 Å². The molecule has 0 radical (unpaired) electrons. The molecule has 0 aromatic rings. The predicted molar refractivity (Wildman–Crippen MR) is 87.1 cm³/mol. The lowest BCUT2D eigenvalue weighted by atomic mass is 9.55. The highest BCUT2D eigenvalue weighted by atomic mass is 16.6. The Kier molecular flexibility index (Phi) is 2.37. The maximum Gasteiger partial charge on any atom is 0.190 e. The molecule has 5 rings (SSSR count). The normalized spacial score (nSPS) is 60.5. The summed E-state index contributed by atoms with van der Waals surface area (Å²) in [6.45, 7) is 12.5. The molecule has 8 atom stereocenters. The van der Waals surface area contributed by atoms with E-state index in [1.807, 2.05) is 6.92 Å². The zero-order valence-corrected chi connectivity index (χ0v) is 14.9. The summed E-state index contributed by atoms with van der Waals surface area (Å²) in [5.74, 6) is 0.605. The van der Waals surface area contributed by atoms with Crippen LogP contribution < -0.4 is 0 Å². The molecule has 1 N–H and O–H groups in total. The number of hydrogen-bond acceptors (Lipinski definition) is 4. The topological polar surface area (TPSA) is 66.9 Å². The minimum atomic E-state index is -1.04. The van der Waals surface area contributed by atoms with Gasteiger partial charge >= 0.3 is 0 Å². The lowest BCUT2D eigenvalue weighted by Crippen LogP contribution is -2.49. The number of ether oxygens (including phenoxy) is 1. The van der Waals surface area contributed by atoms with Gasteiger partial charge in [-0.3, -0.25) is 9.59 Å². The highest BCUT2D eigenvalue weighted by Gasteiger charge is 2.94. The van der Waals surface area contributed by atoms with Crippen molar-refractivity contribution in [2.75, 3.05) is 0 Å². The molecule has 5 aliphatic rings. The van der Waals surface area contributed by atoms with Gasteiger partial charge < -0.3 is 9.84 Å². The number of carbonyl (C=O) groups is 2. The SMILES string of the molecule is C=C1C(=O)C2OC23[C@@H]1CC12CC[C@H](C(C)C)[C@@]1(C)C(=O)C(O)[C@]32C. The standard InChI is InChI=1S/C20H26O4/c1-9(2)11-6-7-19-8-12-10(3)13(21)16-20(12,24-16)18(19,5)15(23)14(22)17(11,19)4/h9,11-12,15-16,23H,3,6-8H2,1-2,4-5H3/t11-,12-,15?,16?,17+,18+,19?,20?/m1/s1. The van der Waals surface area contributed by atoms with Crippen molar-refractivity contribution in [3.05, 3.63) is 12.2 Å². The Morgan fingerprint density at radius 3 is 2.58 bits per heavy atom. The summed E-state index contributed by atoms with van der Waals surface area (Å²) in [6, 6.07) is 0. The van der Waals surface area contributed by atoms with Gasteiger partial charge in [0.2, 0.25) is 0 Å². The molecule has 130 valence electrons. The number of aliphatic hydroxyl groups excluding tert-OH is 1. The Bertz CT molecular complexity index is 725. The Morgan fingerprint density at radius 2 is 1.96 bits per heavy atom. The van der Waals surface area contributed by atoms with E-state index in [4.69, 9.17) is 4.74 Å². The lowest BCUT2D eigenvalue weighted by molar-refractivity contribution is -0.138. The van der Waals surface area contributed by atoms with Crippen molar-refractivity contribution in [3.8, 4) is 0 Å². The summed E-state index contributed by atoms with van der Waals surface area (Å²) in [7, 11) is 0. The number of ketones is 2. The van der Waals surface area contributed by atoms with Gasteiger partial charge in [-0.05, 0) is 42.1 Å². The summed E-state index contributed by atoms with van der Waals surface area (Å²) in [5.41, 5.74) is -1.52. The minimum absolute atomic E-state index is 0.0114. The fourth-order valence-corrected chi connectivity index (χ4v) is 8.10. The van der Waals surface area contributed by atoms with Crippen molar-refractivity contribution >= 4 is 11.6 Å². The van der Waals surface area contributed by atoms with Crippen LogP contribution in [0.15, 0.2) is 12.2 Å². The highest BCUT2D eigenvalue weighted by Crippen LogP contribution is 2.86. The molecule has 0 bridgehead atoms. The maximum atomic E-state index is 13.3. The van der Waals surface area contributed by atoms with Gasteiger partial charge in [0.25, 0.3) is 0 Å². The third-order valence-corrected chi connectivity index (χ3v) is 9.23. The van der Waals surface area contributed by atoms with Crippen LogP contribution in [-0.2, 0) is 14.3 Å². The fraction of sp³-hybridized carbons (Fsp3) is 0.800. The molecule has 1 heterocycles. The molecule has 1 saturated heterocycles. The van der Waals surface area contributed by atoms with Crippen LogP contribution in [0.25, 0.3) is 0 Å². The van der Waals surface area contributed by atoms with E-state index in [1.54, 1.807) is 0 Å². The largest absolute Gasteiger partial charge is 0.385 e. The first-order chi connectivity index (χ1) is 11.1. The van der Waals surface area contributed by atoms with Crippen LogP contribution in [0.5, 0.6) is 0 Å². The highest BCUT2D eigenvalue weighted by molar-refractivity contribution is 6.07. The molecule has 0 amide bonds. The quantitative estimate of drug-likeness (QED) is 0.592.